The lowest BCUT2D eigenvalue weighted by Gasteiger charge is -2.46. The minimum Gasteiger partial charge on any atom is -0.375 e. The molecule has 1 saturated carbocycles. The molecule has 2 unspecified atom stereocenters. The zero-order valence-electron chi connectivity index (χ0n) is 10.7. The number of nitrogens with two attached hydrogens (primary N) is 1. The van der Waals surface area contributed by atoms with Crippen molar-refractivity contribution in [1.29, 1.82) is 0 Å². The molecule has 2 fully saturated rings. The third-order valence-corrected chi connectivity index (χ3v) is 4.34. The van der Waals surface area contributed by atoms with Crippen molar-refractivity contribution >= 4 is 0 Å². The highest BCUT2D eigenvalue weighted by Crippen LogP contribution is 2.35. The second-order valence-corrected chi connectivity index (χ2v) is 5.89. The Labute approximate surface area is 99.1 Å². The van der Waals surface area contributed by atoms with Gasteiger partial charge in [-0.3, -0.25) is 0 Å². The van der Waals surface area contributed by atoms with Gasteiger partial charge < -0.3 is 15.8 Å². The van der Waals surface area contributed by atoms with Gasteiger partial charge in [-0.15, -0.1) is 0 Å². The summed E-state index contributed by atoms with van der Waals surface area (Å²) in [5, 5.41) is 3.73. The minimum atomic E-state index is 0.0220. The Bertz CT molecular complexity index is 242. The molecule has 1 heterocycles. The summed E-state index contributed by atoms with van der Waals surface area (Å²) in [4.78, 5) is 0. The van der Waals surface area contributed by atoms with Gasteiger partial charge in [-0.1, -0.05) is 6.92 Å². The number of rotatable bonds is 5. The summed E-state index contributed by atoms with van der Waals surface area (Å²) in [5.41, 5.74) is 6.16. The molecule has 2 rings (SSSR count). The molecule has 0 amide bonds. The van der Waals surface area contributed by atoms with Gasteiger partial charge in [0, 0.05) is 18.7 Å². The van der Waals surface area contributed by atoms with Crippen molar-refractivity contribution < 1.29 is 4.74 Å². The average molecular weight is 226 g/mol. The SMILES string of the molecule is CCC1(C)CC(CN)(NCC2CC2)CCO1. The van der Waals surface area contributed by atoms with Crippen LogP contribution in [-0.4, -0.2) is 30.8 Å². The van der Waals surface area contributed by atoms with Crippen LogP contribution in [0, 0.1) is 5.92 Å². The Balaban J connectivity index is 1.95. The zero-order chi connectivity index (χ0) is 11.6. The van der Waals surface area contributed by atoms with Crippen LogP contribution in [0.1, 0.15) is 46.0 Å². The predicted octanol–water partition coefficient (Wildman–Crippen LogP) is 1.66. The Morgan fingerprint density at radius 3 is 2.75 bits per heavy atom. The summed E-state index contributed by atoms with van der Waals surface area (Å²) >= 11 is 0. The van der Waals surface area contributed by atoms with Gasteiger partial charge in [0.15, 0.2) is 0 Å². The molecule has 94 valence electrons. The van der Waals surface area contributed by atoms with Crippen LogP contribution in [0.4, 0.5) is 0 Å². The number of nitrogens with one attached hydrogen (secondary N) is 1. The summed E-state index contributed by atoms with van der Waals surface area (Å²) in [5.74, 6) is 0.916. The lowest BCUT2D eigenvalue weighted by molar-refractivity contribution is -0.0995. The van der Waals surface area contributed by atoms with Gasteiger partial charge >= 0.3 is 0 Å². The second kappa shape index (κ2) is 4.63. The van der Waals surface area contributed by atoms with Gasteiger partial charge in [-0.05, 0) is 51.5 Å². The lowest BCUT2D eigenvalue weighted by Crippen LogP contribution is -2.59. The van der Waals surface area contributed by atoms with Crippen molar-refractivity contribution in [3.05, 3.63) is 0 Å². The first-order chi connectivity index (χ1) is 7.61. The molecule has 1 aliphatic heterocycles. The van der Waals surface area contributed by atoms with Crippen molar-refractivity contribution in [1.82, 2.24) is 5.32 Å². The molecule has 1 aliphatic carbocycles. The Morgan fingerprint density at radius 1 is 1.44 bits per heavy atom. The third-order valence-electron chi connectivity index (χ3n) is 4.34. The van der Waals surface area contributed by atoms with E-state index < -0.39 is 0 Å². The molecule has 0 radical (unpaired) electrons. The van der Waals surface area contributed by atoms with Crippen LogP contribution in [0.5, 0.6) is 0 Å². The summed E-state index contributed by atoms with van der Waals surface area (Å²) in [7, 11) is 0. The highest BCUT2D eigenvalue weighted by Gasteiger charge is 2.41. The zero-order valence-corrected chi connectivity index (χ0v) is 10.7. The molecule has 0 aromatic carbocycles. The average Bonchev–Trinajstić information content (AvgIpc) is 3.11. The fourth-order valence-electron chi connectivity index (χ4n) is 2.66. The molecule has 3 heteroatoms. The Kier molecular flexibility index (Phi) is 3.57. The normalized spacial score (nSPS) is 39.9. The van der Waals surface area contributed by atoms with Crippen molar-refractivity contribution in [3.63, 3.8) is 0 Å². The largest absolute Gasteiger partial charge is 0.375 e. The first-order valence-electron chi connectivity index (χ1n) is 6.70. The summed E-state index contributed by atoms with van der Waals surface area (Å²) in [6.45, 7) is 7.15. The van der Waals surface area contributed by atoms with Gasteiger partial charge in [0.25, 0.3) is 0 Å². The smallest absolute Gasteiger partial charge is 0.0670 e. The maximum Gasteiger partial charge on any atom is 0.0670 e. The monoisotopic (exact) mass is 226 g/mol. The van der Waals surface area contributed by atoms with E-state index in [2.05, 4.69) is 19.2 Å². The van der Waals surface area contributed by atoms with Gasteiger partial charge in [-0.25, -0.2) is 0 Å². The van der Waals surface area contributed by atoms with Crippen molar-refractivity contribution in [2.45, 2.75) is 57.1 Å². The van der Waals surface area contributed by atoms with Crippen molar-refractivity contribution in [2.24, 2.45) is 11.7 Å². The standard InChI is InChI=1S/C13H26N2O/c1-3-12(2)9-13(10-14,6-7-16-12)15-8-11-4-5-11/h11,15H,3-10,14H2,1-2H3. The fourth-order valence-corrected chi connectivity index (χ4v) is 2.66. The van der Waals surface area contributed by atoms with E-state index in [1.807, 2.05) is 0 Å². The quantitative estimate of drug-likeness (QED) is 0.749. The molecule has 0 aromatic rings. The van der Waals surface area contributed by atoms with Crippen LogP contribution in [0.15, 0.2) is 0 Å². The molecule has 3 nitrogen and oxygen atoms in total. The molecule has 0 aromatic heterocycles. The summed E-state index contributed by atoms with van der Waals surface area (Å²) < 4.78 is 5.90. The lowest BCUT2D eigenvalue weighted by atomic mass is 9.79. The molecule has 16 heavy (non-hydrogen) atoms. The Morgan fingerprint density at radius 2 is 2.19 bits per heavy atom. The highest BCUT2D eigenvalue weighted by atomic mass is 16.5. The van der Waals surface area contributed by atoms with E-state index in [-0.39, 0.29) is 11.1 Å². The summed E-state index contributed by atoms with van der Waals surface area (Å²) in [6.07, 6.45) is 5.98. The van der Waals surface area contributed by atoms with Crippen molar-refractivity contribution in [2.75, 3.05) is 19.7 Å². The van der Waals surface area contributed by atoms with Crippen LogP contribution in [0.2, 0.25) is 0 Å². The van der Waals surface area contributed by atoms with Crippen LogP contribution < -0.4 is 11.1 Å². The molecular formula is C13H26N2O. The van der Waals surface area contributed by atoms with Crippen LogP contribution in [-0.2, 0) is 4.74 Å². The van der Waals surface area contributed by atoms with E-state index >= 15 is 0 Å². The summed E-state index contributed by atoms with van der Waals surface area (Å²) in [6, 6.07) is 0. The molecular weight excluding hydrogens is 200 g/mol. The van der Waals surface area contributed by atoms with E-state index in [4.69, 9.17) is 10.5 Å². The van der Waals surface area contributed by atoms with E-state index in [1.54, 1.807) is 0 Å². The second-order valence-electron chi connectivity index (χ2n) is 5.89. The van der Waals surface area contributed by atoms with Gasteiger partial charge in [0.05, 0.1) is 5.60 Å². The number of hydrogen-bond donors (Lipinski definition) is 2. The molecule has 3 N–H and O–H groups in total. The van der Waals surface area contributed by atoms with Gasteiger partial charge in [0.2, 0.25) is 0 Å². The van der Waals surface area contributed by atoms with E-state index in [1.165, 1.54) is 12.8 Å². The molecule has 0 spiro atoms. The Hall–Kier alpha value is -0.120. The van der Waals surface area contributed by atoms with E-state index in [9.17, 15) is 0 Å². The number of ether oxygens (including phenoxy) is 1. The first kappa shape index (κ1) is 12.3. The number of hydrogen-bond acceptors (Lipinski definition) is 3. The molecule has 1 saturated heterocycles. The molecule has 2 atom stereocenters. The molecule has 0 bridgehead atoms. The van der Waals surface area contributed by atoms with Crippen LogP contribution >= 0.6 is 0 Å². The van der Waals surface area contributed by atoms with Crippen LogP contribution in [0.3, 0.4) is 0 Å². The maximum atomic E-state index is 6.00. The van der Waals surface area contributed by atoms with Gasteiger partial charge in [0.1, 0.15) is 0 Å². The maximum absolute atomic E-state index is 6.00. The predicted molar refractivity (Wildman–Crippen MR) is 66.4 cm³/mol. The fraction of sp³-hybridized carbons (Fsp3) is 1.00. The van der Waals surface area contributed by atoms with Crippen molar-refractivity contribution in [3.8, 4) is 0 Å². The van der Waals surface area contributed by atoms with E-state index in [0.717, 1.165) is 44.9 Å². The van der Waals surface area contributed by atoms with Crippen LogP contribution in [0.25, 0.3) is 0 Å². The van der Waals surface area contributed by atoms with E-state index in [0.29, 0.717) is 0 Å². The minimum absolute atomic E-state index is 0.0220. The third kappa shape index (κ3) is 2.76. The van der Waals surface area contributed by atoms with Gasteiger partial charge in [-0.2, -0.15) is 0 Å². The molecule has 2 aliphatic rings. The topological polar surface area (TPSA) is 47.3 Å². The highest BCUT2D eigenvalue weighted by molar-refractivity contribution is 4.99. The first-order valence-corrected chi connectivity index (χ1v) is 6.70.